The van der Waals surface area contributed by atoms with Crippen LogP contribution in [0.2, 0.25) is 0 Å². The lowest BCUT2D eigenvalue weighted by Crippen LogP contribution is -2.26. The minimum Gasteiger partial charge on any atom is -0.381 e. The number of nitrogen functional groups attached to an aromatic ring is 1. The summed E-state index contributed by atoms with van der Waals surface area (Å²) in [7, 11) is 0. The molecule has 1 aromatic heterocycles. The van der Waals surface area contributed by atoms with E-state index in [1.54, 1.807) is 18.2 Å². The maximum absolute atomic E-state index is 14.2. The second-order valence-electron chi connectivity index (χ2n) is 6.45. The molecular formula is C20H14F2N4O. The standard InChI is InChI=1S/C20H14F2N4O/c21-16-9-13(3-4-14(16)10-23)19-25-18(24)17(22)20(27)26(19)15-7-5-12(6-8-15)11-1-2-11/h3-9,11H,1-2,24H2. The molecule has 7 heteroatoms. The Morgan fingerprint density at radius 1 is 1.15 bits per heavy atom. The van der Waals surface area contributed by atoms with Crippen molar-refractivity contribution in [2.45, 2.75) is 18.8 Å². The van der Waals surface area contributed by atoms with Crippen LogP contribution < -0.4 is 11.3 Å². The molecule has 2 N–H and O–H groups in total. The Morgan fingerprint density at radius 3 is 2.44 bits per heavy atom. The molecule has 0 bridgehead atoms. The number of hydrogen-bond acceptors (Lipinski definition) is 4. The van der Waals surface area contributed by atoms with Gasteiger partial charge in [0.05, 0.1) is 11.3 Å². The monoisotopic (exact) mass is 364 g/mol. The summed E-state index contributed by atoms with van der Waals surface area (Å²) in [5.41, 5.74) is 6.18. The van der Waals surface area contributed by atoms with Gasteiger partial charge in [0.15, 0.2) is 5.82 Å². The first-order valence-electron chi connectivity index (χ1n) is 8.38. The highest BCUT2D eigenvalue weighted by Gasteiger charge is 2.24. The van der Waals surface area contributed by atoms with Gasteiger partial charge in [0.2, 0.25) is 5.82 Å². The Bertz CT molecular complexity index is 1140. The average molecular weight is 364 g/mol. The van der Waals surface area contributed by atoms with E-state index in [9.17, 15) is 13.6 Å². The number of nitriles is 1. The Labute approximate surface area is 153 Å². The highest BCUT2D eigenvalue weighted by molar-refractivity contribution is 5.62. The number of nitrogens with two attached hydrogens (primary N) is 1. The van der Waals surface area contributed by atoms with Gasteiger partial charge in [-0.05, 0) is 54.7 Å². The van der Waals surface area contributed by atoms with Gasteiger partial charge in [-0.15, -0.1) is 0 Å². The third-order valence-corrected chi connectivity index (χ3v) is 4.60. The van der Waals surface area contributed by atoms with E-state index in [1.807, 2.05) is 12.1 Å². The fraction of sp³-hybridized carbons (Fsp3) is 0.150. The smallest absolute Gasteiger partial charge is 0.296 e. The Kier molecular flexibility index (Phi) is 3.96. The molecule has 0 radical (unpaired) electrons. The average Bonchev–Trinajstić information content (AvgIpc) is 3.51. The summed E-state index contributed by atoms with van der Waals surface area (Å²) in [6.45, 7) is 0. The SMILES string of the molecule is N#Cc1ccc(-c2nc(N)c(F)c(=O)n2-c2ccc(C3CC3)cc2)cc1F. The summed E-state index contributed by atoms with van der Waals surface area (Å²) in [6, 6.07) is 12.7. The predicted molar refractivity (Wildman–Crippen MR) is 96.3 cm³/mol. The summed E-state index contributed by atoms with van der Waals surface area (Å²) in [5, 5.41) is 8.88. The maximum Gasteiger partial charge on any atom is 0.296 e. The van der Waals surface area contributed by atoms with Crippen LogP contribution in [0.3, 0.4) is 0 Å². The summed E-state index contributed by atoms with van der Waals surface area (Å²) in [4.78, 5) is 16.5. The van der Waals surface area contributed by atoms with Crippen molar-refractivity contribution >= 4 is 5.82 Å². The molecule has 5 nitrogen and oxygen atoms in total. The number of rotatable bonds is 3. The van der Waals surface area contributed by atoms with E-state index in [0.29, 0.717) is 11.6 Å². The molecule has 1 fully saturated rings. The number of halogens is 2. The second kappa shape index (κ2) is 6.32. The number of hydrogen-bond donors (Lipinski definition) is 1. The van der Waals surface area contributed by atoms with Gasteiger partial charge in [0, 0.05) is 5.56 Å². The molecule has 0 atom stereocenters. The van der Waals surface area contributed by atoms with Gasteiger partial charge in [-0.3, -0.25) is 9.36 Å². The van der Waals surface area contributed by atoms with Crippen molar-refractivity contribution < 1.29 is 8.78 Å². The molecule has 0 spiro atoms. The fourth-order valence-electron chi connectivity index (χ4n) is 3.01. The van der Waals surface area contributed by atoms with Crippen molar-refractivity contribution in [3.63, 3.8) is 0 Å². The zero-order valence-corrected chi connectivity index (χ0v) is 14.1. The minimum absolute atomic E-state index is 0.00135. The van der Waals surface area contributed by atoms with Crippen molar-refractivity contribution in [3.8, 4) is 23.1 Å². The summed E-state index contributed by atoms with van der Waals surface area (Å²) >= 11 is 0. The van der Waals surface area contributed by atoms with Crippen LogP contribution in [-0.2, 0) is 0 Å². The van der Waals surface area contributed by atoms with Crippen LogP contribution in [0.4, 0.5) is 14.6 Å². The lowest BCUT2D eigenvalue weighted by atomic mass is 10.1. The van der Waals surface area contributed by atoms with Gasteiger partial charge < -0.3 is 5.73 Å². The highest BCUT2D eigenvalue weighted by Crippen LogP contribution is 2.40. The van der Waals surface area contributed by atoms with E-state index < -0.39 is 23.0 Å². The van der Waals surface area contributed by atoms with Crippen molar-refractivity contribution in [2.24, 2.45) is 0 Å². The van der Waals surface area contributed by atoms with E-state index in [2.05, 4.69) is 4.98 Å². The number of anilines is 1. The molecular weight excluding hydrogens is 350 g/mol. The first-order chi connectivity index (χ1) is 13.0. The molecule has 3 aromatic rings. The van der Waals surface area contributed by atoms with E-state index >= 15 is 0 Å². The zero-order valence-electron chi connectivity index (χ0n) is 14.1. The van der Waals surface area contributed by atoms with Gasteiger partial charge in [-0.1, -0.05) is 12.1 Å². The molecule has 1 aliphatic carbocycles. The third-order valence-electron chi connectivity index (χ3n) is 4.60. The third kappa shape index (κ3) is 2.95. The molecule has 4 rings (SSSR count). The van der Waals surface area contributed by atoms with E-state index in [-0.39, 0.29) is 17.0 Å². The first-order valence-corrected chi connectivity index (χ1v) is 8.38. The molecule has 27 heavy (non-hydrogen) atoms. The summed E-state index contributed by atoms with van der Waals surface area (Å²) in [5.74, 6) is -1.96. The van der Waals surface area contributed by atoms with E-state index in [1.165, 1.54) is 12.1 Å². The molecule has 0 unspecified atom stereocenters. The van der Waals surface area contributed by atoms with E-state index in [0.717, 1.165) is 29.0 Å². The number of aromatic nitrogens is 2. The van der Waals surface area contributed by atoms with Crippen LogP contribution in [-0.4, -0.2) is 9.55 Å². The Morgan fingerprint density at radius 2 is 1.85 bits per heavy atom. The minimum atomic E-state index is -1.17. The lowest BCUT2D eigenvalue weighted by molar-refractivity contribution is 0.597. The second-order valence-corrected chi connectivity index (χ2v) is 6.45. The molecule has 134 valence electrons. The number of benzene rings is 2. The zero-order chi connectivity index (χ0) is 19.1. The fourth-order valence-corrected chi connectivity index (χ4v) is 3.01. The van der Waals surface area contributed by atoms with Crippen molar-refractivity contribution in [2.75, 3.05) is 5.73 Å². The topological polar surface area (TPSA) is 84.7 Å². The van der Waals surface area contributed by atoms with Crippen LogP contribution in [0, 0.1) is 23.0 Å². The highest BCUT2D eigenvalue weighted by atomic mass is 19.1. The quantitative estimate of drug-likeness (QED) is 0.771. The predicted octanol–water partition coefficient (Wildman–Crippen LogP) is 3.51. The van der Waals surface area contributed by atoms with Gasteiger partial charge in [0.25, 0.3) is 5.56 Å². The van der Waals surface area contributed by atoms with Gasteiger partial charge in [-0.25, -0.2) is 9.37 Å². The van der Waals surface area contributed by atoms with Gasteiger partial charge in [0.1, 0.15) is 17.7 Å². The largest absolute Gasteiger partial charge is 0.381 e. The van der Waals surface area contributed by atoms with Gasteiger partial charge >= 0.3 is 0 Å². The molecule has 2 aromatic carbocycles. The van der Waals surface area contributed by atoms with Crippen LogP contribution in [0.15, 0.2) is 47.3 Å². The van der Waals surface area contributed by atoms with Crippen LogP contribution in [0.25, 0.3) is 17.1 Å². The van der Waals surface area contributed by atoms with Crippen LogP contribution in [0.1, 0.15) is 29.9 Å². The normalized spacial score (nSPS) is 13.4. The molecule has 0 aliphatic heterocycles. The molecule has 0 saturated heterocycles. The molecule has 1 heterocycles. The van der Waals surface area contributed by atoms with E-state index in [4.69, 9.17) is 11.0 Å². The summed E-state index contributed by atoms with van der Waals surface area (Å²) in [6.07, 6.45) is 2.26. The lowest BCUT2D eigenvalue weighted by Gasteiger charge is -2.14. The Balaban J connectivity index is 1.92. The maximum atomic E-state index is 14.2. The Hall–Kier alpha value is -3.53. The summed E-state index contributed by atoms with van der Waals surface area (Å²) < 4.78 is 29.3. The molecule has 0 amide bonds. The van der Waals surface area contributed by atoms with Crippen LogP contribution in [0.5, 0.6) is 0 Å². The van der Waals surface area contributed by atoms with Crippen molar-refractivity contribution in [3.05, 3.63) is 75.6 Å². The van der Waals surface area contributed by atoms with Gasteiger partial charge in [-0.2, -0.15) is 9.65 Å². The molecule has 1 saturated carbocycles. The first kappa shape index (κ1) is 16.9. The van der Waals surface area contributed by atoms with Crippen molar-refractivity contribution in [1.29, 1.82) is 5.26 Å². The number of nitrogens with zero attached hydrogens (tertiary/aromatic N) is 3. The van der Waals surface area contributed by atoms with Crippen molar-refractivity contribution in [1.82, 2.24) is 9.55 Å². The van der Waals surface area contributed by atoms with Crippen LogP contribution >= 0.6 is 0 Å². The molecule has 1 aliphatic rings.